The van der Waals surface area contributed by atoms with E-state index in [9.17, 15) is 9.59 Å². The van der Waals surface area contributed by atoms with Crippen LogP contribution in [0.1, 0.15) is 44.5 Å². The highest BCUT2D eigenvalue weighted by Crippen LogP contribution is 2.12. The number of ether oxygens (including phenoxy) is 1. The smallest absolute Gasteiger partial charge is 0.255 e. The van der Waals surface area contributed by atoms with Crippen molar-refractivity contribution in [1.29, 1.82) is 0 Å². The molecule has 0 atom stereocenters. The molecule has 1 amide bonds. The minimum absolute atomic E-state index is 0.0300. The molecule has 0 unspecified atom stereocenters. The molecular weight excluding hydrogens is 302 g/mol. The van der Waals surface area contributed by atoms with Gasteiger partial charge in [0.25, 0.3) is 5.91 Å². The lowest BCUT2D eigenvalue weighted by Crippen LogP contribution is -2.22. The summed E-state index contributed by atoms with van der Waals surface area (Å²) in [7, 11) is 0. The van der Waals surface area contributed by atoms with Gasteiger partial charge in [0.2, 0.25) is 0 Å². The normalized spacial score (nSPS) is 8.41. The van der Waals surface area contributed by atoms with Gasteiger partial charge in [-0.2, -0.15) is 0 Å². The molecule has 0 radical (unpaired) electrons. The third-order valence-corrected chi connectivity index (χ3v) is 2.35. The van der Waals surface area contributed by atoms with Crippen molar-refractivity contribution in [1.82, 2.24) is 5.32 Å². The summed E-state index contributed by atoms with van der Waals surface area (Å²) in [4.78, 5) is 21.9. The quantitative estimate of drug-likeness (QED) is 0.353. The molecule has 0 aromatic heterocycles. The summed E-state index contributed by atoms with van der Waals surface area (Å²) in [5, 5.41) is 2.36. The van der Waals surface area contributed by atoms with Gasteiger partial charge in [0.15, 0.2) is 6.29 Å². The van der Waals surface area contributed by atoms with Crippen LogP contribution in [-0.4, -0.2) is 24.7 Å². The van der Waals surface area contributed by atoms with E-state index in [1.165, 1.54) is 0 Å². The molecule has 0 aliphatic heterocycles. The maximum atomic E-state index is 11.6. The number of rotatable bonds is 7. The number of amides is 1. The van der Waals surface area contributed by atoms with Crippen molar-refractivity contribution in [3.63, 3.8) is 0 Å². The SMILES string of the molecule is C=C(C=O)NC(=O)c1ccc(OCCCCl)cc1.CC.CC. The summed E-state index contributed by atoms with van der Waals surface area (Å²) in [6, 6.07) is 6.60. The van der Waals surface area contributed by atoms with Gasteiger partial charge in [-0.25, -0.2) is 0 Å². The average Bonchev–Trinajstić information content (AvgIpc) is 2.59. The molecule has 0 aliphatic carbocycles. The molecule has 5 heteroatoms. The van der Waals surface area contributed by atoms with Crippen molar-refractivity contribution in [2.45, 2.75) is 34.1 Å². The lowest BCUT2D eigenvalue weighted by atomic mass is 10.2. The third kappa shape index (κ3) is 10.00. The highest BCUT2D eigenvalue weighted by molar-refractivity contribution is 6.17. The number of allylic oxidation sites excluding steroid dienone is 1. The zero-order valence-corrected chi connectivity index (χ0v) is 14.6. The predicted octanol–water partition coefficient (Wildman–Crippen LogP) is 4.19. The van der Waals surface area contributed by atoms with E-state index in [1.807, 2.05) is 27.7 Å². The lowest BCUT2D eigenvalue weighted by molar-refractivity contribution is -0.105. The lowest BCUT2D eigenvalue weighted by Gasteiger charge is -2.06. The van der Waals surface area contributed by atoms with E-state index < -0.39 is 0 Å². The van der Waals surface area contributed by atoms with Crippen LogP contribution in [0, 0.1) is 0 Å². The summed E-state index contributed by atoms with van der Waals surface area (Å²) < 4.78 is 5.39. The molecule has 0 heterocycles. The van der Waals surface area contributed by atoms with Crippen LogP contribution in [0.25, 0.3) is 0 Å². The maximum Gasteiger partial charge on any atom is 0.255 e. The zero-order valence-electron chi connectivity index (χ0n) is 13.8. The third-order valence-electron chi connectivity index (χ3n) is 2.08. The molecule has 0 bridgehead atoms. The maximum absolute atomic E-state index is 11.6. The van der Waals surface area contributed by atoms with E-state index in [0.29, 0.717) is 30.1 Å². The molecule has 1 rings (SSSR count). The van der Waals surface area contributed by atoms with E-state index in [-0.39, 0.29) is 11.6 Å². The summed E-state index contributed by atoms with van der Waals surface area (Å²) >= 11 is 5.53. The van der Waals surface area contributed by atoms with Crippen molar-refractivity contribution >= 4 is 23.8 Å². The van der Waals surface area contributed by atoms with Gasteiger partial charge in [-0.05, 0) is 30.7 Å². The topological polar surface area (TPSA) is 55.4 Å². The monoisotopic (exact) mass is 327 g/mol. The first-order chi connectivity index (χ1) is 10.7. The van der Waals surface area contributed by atoms with Crippen molar-refractivity contribution < 1.29 is 14.3 Å². The van der Waals surface area contributed by atoms with Crippen molar-refractivity contribution in [3.05, 3.63) is 42.1 Å². The van der Waals surface area contributed by atoms with Crippen LogP contribution in [-0.2, 0) is 4.79 Å². The molecule has 0 fully saturated rings. The van der Waals surface area contributed by atoms with Crippen LogP contribution < -0.4 is 10.1 Å². The Bertz CT molecular complexity index is 430. The molecule has 0 saturated carbocycles. The number of aldehydes is 1. The van der Waals surface area contributed by atoms with Crippen molar-refractivity contribution in [3.8, 4) is 5.75 Å². The number of carbonyl (C=O) groups excluding carboxylic acids is 2. The second-order valence-electron chi connectivity index (χ2n) is 3.51. The van der Waals surface area contributed by atoms with Crippen LogP contribution in [0.3, 0.4) is 0 Å². The fourth-order valence-corrected chi connectivity index (χ4v) is 1.30. The van der Waals surface area contributed by atoms with Gasteiger partial charge in [0.05, 0.1) is 12.3 Å². The van der Waals surface area contributed by atoms with Gasteiger partial charge in [0.1, 0.15) is 5.75 Å². The Labute approximate surface area is 138 Å². The number of benzene rings is 1. The second kappa shape index (κ2) is 15.6. The highest BCUT2D eigenvalue weighted by Gasteiger charge is 2.06. The molecule has 1 N–H and O–H groups in total. The van der Waals surface area contributed by atoms with Gasteiger partial charge in [-0.1, -0.05) is 34.3 Å². The fraction of sp³-hybridized carbons (Fsp3) is 0.412. The molecule has 4 nitrogen and oxygen atoms in total. The van der Waals surface area contributed by atoms with Gasteiger partial charge in [-0.15, -0.1) is 11.6 Å². The van der Waals surface area contributed by atoms with Crippen LogP contribution >= 0.6 is 11.6 Å². The number of hydrogen-bond donors (Lipinski definition) is 1. The molecule has 22 heavy (non-hydrogen) atoms. The van der Waals surface area contributed by atoms with Crippen LogP contribution in [0.2, 0.25) is 0 Å². The van der Waals surface area contributed by atoms with Crippen molar-refractivity contribution in [2.24, 2.45) is 0 Å². The Hall–Kier alpha value is -1.81. The summed E-state index contributed by atoms with van der Waals surface area (Å²) in [5.74, 6) is 0.846. The fourth-order valence-electron chi connectivity index (χ4n) is 1.19. The standard InChI is InChI=1S/C13H14ClNO3.2C2H6/c1-10(9-16)15-13(17)11-3-5-12(6-4-11)18-8-2-7-14;2*1-2/h3-6,9H,1-2,7-8H2,(H,15,17);2*1-2H3. The molecule has 0 aliphatic rings. The molecule has 1 aromatic carbocycles. The van der Waals surface area contributed by atoms with E-state index in [0.717, 1.165) is 6.42 Å². The molecule has 1 aromatic rings. The molecule has 124 valence electrons. The number of halogens is 1. The molecule has 0 saturated heterocycles. The van der Waals surface area contributed by atoms with Gasteiger partial charge >= 0.3 is 0 Å². The summed E-state index contributed by atoms with van der Waals surface area (Å²) in [5.41, 5.74) is 0.463. The zero-order chi connectivity index (χ0) is 17.4. The Morgan fingerprint density at radius 2 is 1.77 bits per heavy atom. The number of alkyl halides is 1. The number of hydrogen-bond acceptors (Lipinski definition) is 3. The largest absolute Gasteiger partial charge is 0.494 e. The predicted molar refractivity (Wildman–Crippen MR) is 92.6 cm³/mol. The summed E-state index contributed by atoms with van der Waals surface area (Å²) in [6.45, 7) is 11.9. The van der Waals surface area contributed by atoms with Gasteiger partial charge in [-0.3, -0.25) is 9.59 Å². The Kier molecular flexibility index (Phi) is 15.9. The first kappa shape index (κ1) is 22.5. The van der Waals surface area contributed by atoms with E-state index in [2.05, 4.69) is 11.9 Å². The highest BCUT2D eigenvalue weighted by atomic mass is 35.5. The Morgan fingerprint density at radius 1 is 1.23 bits per heavy atom. The van der Waals surface area contributed by atoms with Gasteiger partial charge < -0.3 is 10.1 Å². The van der Waals surface area contributed by atoms with Crippen LogP contribution in [0.4, 0.5) is 0 Å². The first-order valence-corrected chi connectivity index (χ1v) is 7.95. The number of carbonyl (C=O) groups is 2. The van der Waals surface area contributed by atoms with E-state index >= 15 is 0 Å². The average molecular weight is 328 g/mol. The van der Waals surface area contributed by atoms with Crippen LogP contribution in [0.15, 0.2) is 36.5 Å². The minimum Gasteiger partial charge on any atom is -0.494 e. The number of nitrogens with one attached hydrogen (secondary N) is 1. The Balaban J connectivity index is 0. The minimum atomic E-state index is -0.376. The van der Waals surface area contributed by atoms with Crippen molar-refractivity contribution in [2.75, 3.05) is 12.5 Å². The molecule has 0 spiro atoms. The van der Waals surface area contributed by atoms with Gasteiger partial charge in [0, 0.05) is 11.4 Å². The van der Waals surface area contributed by atoms with Crippen LogP contribution in [0.5, 0.6) is 5.75 Å². The Morgan fingerprint density at radius 3 is 2.23 bits per heavy atom. The first-order valence-electron chi connectivity index (χ1n) is 7.41. The molecular formula is C17H26ClNO3. The van der Waals surface area contributed by atoms with E-state index in [1.54, 1.807) is 24.3 Å². The summed E-state index contributed by atoms with van der Waals surface area (Å²) in [6.07, 6.45) is 1.25. The second-order valence-corrected chi connectivity index (χ2v) is 3.89. The van der Waals surface area contributed by atoms with E-state index in [4.69, 9.17) is 16.3 Å².